The van der Waals surface area contributed by atoms with Crippen LogP contribution in [0, 0.1) is 0 Å². The van der Waals surface area contributed by atoms with E-state index in [1.807, 2.05) is 18.2 Å². The minimum absolute atomic E-state index is 0.246. The summed E-state index contributed by atoms with van der Waals surface area (Å²) in [6.45, 7) is 5.96. The summed E-state index contributed by atoms with van der Waals surface area (Å²) >= 11 is 0. The number of unbranched alkanes of at least 4 members (excludes halogenated alkanes) is 15. The molecule has 1 aromatic rings. The lowest BCUT2D eigenvalue weighted by Crippen LogP contribution is -2.14. The first kappa shape index (κ1) is 32.6. The van der Waals surface area contributed by atoms with Crippen LogP contribution in [-0.2, 0) is 18.9 Å². The van der Waals surface area contributed by atoms with Crippen LogP contribution in [0.5, 0.6) is 0 Å². The highest BCUT2D eigenvalue weighted by Crippen LogP contribution is 2.13. The molecule has 1 aromatic carbocycles. The summed E-state index contributed by atoms with van der Waals surface area (Å²) in [6, 6.07) is 8.97. The molecule has 5 heteroatoms. The van der Waals surface area contributed by atoms with E-state index < -0.39 is 0 Å². The average molecular weight is 507 g/mol. The third-order valence-electron chi connectivity index (χ3n) is 6.36. The van der Waals surface area contributed by atoms with Crippen LogP contribution in [0.4, 0.5) is 0 Å². The molecule has 0 aliphatic carbocycles. The Morgan fingerprint density at radius 1 is 0.500 bits per heavy atom. The topological polar surface area (TPSA) is 54.0 Å². The molecule has 0 amide bonds. The first-order valence-corrected chi connectivity index (χ1v) is 14.8. The highest BCUT2D eigenvalue weighted by molar-refractivity contribution is 5.89. The van der Waals surface area contributed by atoms with Gasteiger partial charge in [-0.25, -0.2) is 4.79 Å². The predicted molar refractivity (Wildman–Crippen MR) is 149 cm³/mol. The van der Waals surface area contributed by atoms with Crippen LogP contribution >= 0.6 is 0 Å². The van der Waals surface area contributed by atoms with Crippen LogP contribution in [0.3, 0.4) is 0 Å². The summed E-state index contributed by atoms with van der Waals surface area (Å²) in [7, 11) is 0. The molecule has 5 nitrogen and oxygen atoms in total. The highest BCUT2D eigenvalue weighted by atomic mass is 16.6. The quantitative estimate of drug-likeness (QED) is 0.0890. The van der Waals surface area contributed by atoms with Gasteiger partial charge in [0.15, 0.2) is 0 Å². The summed E-state index contributed by atoms with van der Waals surface area (Å²) in [6.07, 6.45) is 22.2. The Bertz CT molecular complexity index is 578. The molecule has 0 aliphatic heterocycles. The van der Waals surface area contributed by atoms with E-state index in [9.17, 15) is 4.79 Å². The number of hydrogen-bond donors (Lipinski definition) is 0. The van der Waals surface area contributed by atoms with Gasteiger partial charge in [-0.3, -0.25) is 0 Å². The van der Waals surface area contributed by atoms with Gasteiger partial charge < -0.3 is 18.9 Å². The largest absolute Gasteiger partial charge is 0.460 e. The summed E-state index contributed by atoms with van der Waals surface area (Å²) in [5.74, 6) is -0.322. The van der Waals surface area contributed by atoms with E-state index >= 15 is 0 Å². The van der Waals surface area contributed by atoms with Crippen molar-refractivity contribution in [3.63, 3.8) is 0 Å². The fraction of sp³-hybridized carbons (Fsp3) is 0.774. The molecule has 208 valence electrons. The molecule has 1 rings (SSSR count). The molecule has 0 fully saturated rings. The minimum Gasteiger partial charge on any atom is -0.460 e. The summed E-state index contributed by atoms with van der Waals surface area (Å²) in [5, 5.41) is 0. The zero-order valence-corrected chi connectivity index (χ0v) is 23.2. The fourth-order valence-electron chi connectivity index (χ4n) is 4.14. The van der Waals surface area contributed by atoms with Gasteiger partial charge in [0.1, 0.15) is 6.61 Å². The predicted octanol–water partition coefficient (Wildman–Crippen LogP) is 8.15. The van der Waals surface area contributed by atoms with Crippen molar-refractivity contribution in [2.45, 2.75) is 110 Å². The van der Waals surface area contributed by atoms with E-state index in [0.717, 1.165) is 13.0 Å². The third kappa shape index (κ3) is 21.8. The standard InChI is InChI=1S/C31H54O5/c1-2-3-4-5-6-7-8-9-10-11-12-13-14-15-16-20-23-33-24-25-34-26-27-35-28-29-36-31(32)30-21-18-17-19-22-30/h17-19,21-22H,2-16,20,23-29H2,1H3. The lowest BCUT2D eigenvalue weighted by atomic mass is 10.0. The van der Waals surface area contributed by atoms with Crippen molar-refractivity contribution < 1.29 is 23.7 Å². The molecule has 0 spiro atoms. The Labute approximate surface area is 221 Å². The first-order valence-electron chi connectivity index (χ1n) is 14.8. The summed E-state index contributed by atoms with van der Waals surface area (Å²) < 4.78 is 21.7. The number of ether oxygens (including phenoxy) is 4. The molecule has 0 aliphatic rings. The summed E-state index contributed by atoms with van der Waals surface area (Å²) in [5.41, 5.74) is 0.556. The Kier molecular flexibility index (Phi) is 24.1. The first-order chi connectivity index (χ1) is 17.8. The third-order valence-corrected chi connectivity index (χ3v) is 6.36. The van der Waals surface area contributed by atoms with Crippen LogP contribution in [0.2, 0.25) is 0 Å². The number of benzene rings is 1. The Morgan fingerprint density at radius 2 is 0.889 bits per heavy atom. The maximum absolute atomic E-state index is 11.8. The van der Waals surface area contributed by atoms with Crippen LogP contribution in [0.25, 0.3) is 0 Å². The van der Waals surface area contributed by atoms with Crippen LogP contribution in [0.1, 0.15) is 120 Å². The van der Waals surface area contributed by atoms with Crippen molar-refractivity contribution in [1.82, 2.24) is 0 Å². The lowest BCUT2D eigenvalue weighted by molar-refractivity contribution is 0.000184. The molecule has 0 N–H and O–H groups in total. The fourth-order valence-corrected chi connectivity index (χ4v) is 4.14. The molecule has 0 radical (unpaired) electrons. The number of rotatable bonds is 27. The van der Waals surface area contributed by atoms with Crippen LogP contribution < -0.4 is 0 Å². The van der Waals surface area contributed by atoms with E-state index in [4.69, 9.17) is 18.9 Å². The Morgan fingerprint density at radius 3 is 1.36 bits per heavy atom. The monoisotopic (exact) mass is 506 g/mol. The van der Waals surface area contributed by atoms with Gasteiger partial charge >= 0.3 is 5.97 Å². The molecule has 36 heavy (non-hydrogen) atoms. The Balaban J connectivity index is 1.67. The van der Waals surface area contributed by atoms with Gasteiger partial charge in [-0.15, -0.1) is 0 Å². The number of esters is 1. The van der Waals surface area contributed by atoms with Crippen molar-refractivity contribution in [2.75, 3.05) is 46.2 Å². The van der Waals surface area contributed by atoms with Crippen molar-refractivity contribution in [3.8, 4) is 0 Å². The molecular formula is C31H54O5. The normalized spacial score (nSPS) is 11.1. The van der Waals surface area contributed by atoms with Crippen molar-refractivity contribution in [3.05, 3.63) is 35.9 Å². The molecule has 0 saturated heterocycles. The van der Waals surface area contributed by atoms with E-state index in [0.29, 0.717) is 38.6 Å². The van der Waals surface area contributed by atoms with Gasteiger partial charge in [-0.1, -0.05) is 121 Å². The van der Waals surface area contributed by atoms with Crippen LogP contribution in [0.15, 0.2) is 30.3 Å². The van der Waals surface area contributed by atoms with Gasteiger partial charge in [0, 0.05) is 6.61 Å². The van der Waals surface area contributed by atoms with E-state index in [1.165, 1.54) is 96.3 Å². The smallest absolute Gasteiger partial charge is 0.338 e. The van der Waals surface area contributed by atoms with E-state index in [-0.39, 0.29) is 12.6 Å². The number of hydrogen-bond acceptors (Lipinski definition) is 5. The van der Waals surface area contributed by atoms with Gasteiger partial charge in [0.25, 0.3) is 0 Å². The van der Waals surface area contributed by atoms with Gasteiger partial charge in [0.05, 0.1) is 38.6 Å². The van der Waals surface area contributed by atoms with Crippen molar-refractivity contribution in [1.29, 1.82) is 0 Å². The lowest BCUT2D eigenvalue weighted by Gasteiger charge is -2.08. The SMILES string of the molecule is CCCCCCCCCCCCCCCCCCOCCOCCOCCOC(=O)c1ccccc1. The van der Waals surface area contributed by atoms with Gasteiger partial charge in [-0.05, 0) is 18.6 Å². The second-order valence-corrected chi connectivity index (χ2v) is 9.64. The number of carbonyl (C=O) groups is 1. The van der Waals surface area contributed by atoms with E-state index in [2.05, 4.69) is 6.92 Å². The zero-order chi connectivity index (χ0) is 25.8. The Hall–Kier alpha value is -1.43. The molecule has 0 saturated carbocycles. The van der Waals surface area contributed by atoms with E-state index in [1.54, 1.807) is 12.1 Å². The average Bonchev–Trinajstić information content (AvgIpc) is 2.91. The second kappa shape index (κ2) is 26.6. The molecule has 0 heterocycles. The van der Waals surface area contributed by atoms with Crippen molar-refractivity contribution in [2.24, 2.45) is 0 Å². The second-order valence-electron chi connectivity index (χ2n) is 9.64. The molecule has 0 unspecified atom stereocenters. The number of carbonyl (C=O) groups excluding carboxylic acids is 1. The molecule has 0 aromatic heterocycles. The summed E-state index contributed by atoms with van der Waals surface area (Å²) in [4.78, 5) is 11.8. The highest BCUT2D eigenvalue weighted by Gasteiger charge is 2.05. The molecule has 0 bridgehead atoms. The maximum atomic E-state index is 11.8. The van der Waals surface area contributed by atoms with Crippen LogP contribution in [-0.4, -0.2) is 52.2 Å². The van der Waals surface area contributed by atoms with Gasteiger partial charge in [-0.2, -0.15) is 0 Å². The maximum Gasteiger partial charge on any atom is 0.338 e. The molecular weight excluding hydrogens is 452 g/mol. The van der Waals surface area contributed by atoms with Crippen molar-refractivity contribution >= 4 is 5.97 Å². The zero-order valence-electron chi connectivity index (χ0n) is 23.2. The molecule has 0 atom stereocenters. The van der Waals surface area contributed by atoms with Gasteiger partial charge in [0.2, 0.25) is 0 Å². The minimum atomic E-state index is -0.322.